The zero-order chi connectivity index (χ0) is 18.1. The smallest absolute Gasteiger partial charge is 0.339 e. The number of hydrogen-bond acceptors (Lipinski definition) is 5. The lowest BCUT2D eigenvalue weighted by Crippen LogP contribution is -2.21. The van der Waals surface area contributed by atoms with Crippen molar-refractivity contribution < 1.29 is 14.3 Å². The standard InChI is InChI=1S/C20H16N2O3S/c21-17(23)11-25-20(24)18-14-5-1-2-6-16(14)22-19-12(7-8-15(18)19)10-13-4-3-9-26-13/h1-6,9-10H,7-8,11H2,(H2,21,23)/b12-10-. The summed E-state index contributed by atoms with van der Waals surface area (Å²) in [5.74, 6) is -1.21. The van der Waals surface area contributed by atoms with Gasteiger partial charge in [0.1, 0.15) is 0 Å². The van der Waals surface area contributed by atoms with E-state index in [1.54, 1.807) is 11.3 Å². The lowest BCUT2D eigenvalue weighted by Gasteiger charge is -2.11. The molecule has 0 spiro atoms. The van der Waals surface area contributed by atoms with Crippen LogP contribution in [0.2, 0.25) is 0 Å². The lowest BCUT2D eigenvalue weighted by atomic mass is 10.0. The zero-order valence-corrected chi connectivity index (χ0v) is 14.7. The first-order chi connectivity index (χ1) is 12.6. The van der Waals surface area contributed by atoms with E-state index in [1.165, 1.54) is 0 Å². The van der Waals surface area contributed by atoms with Crippen molar-refractivity contribution in [2.75, 3.05) is 6.61 Å². The number of allylic oxidation sites excluding steroid dienone is 1. The molecule has 1 aliphatic carbocycles. The topological polar surface area (TPSA) is 82.3 Å². The van der Waals surface area contributed by atoms with E-state index >= 15 is 0 Å². The number of esters is 1. The molecule has 130 valence electrons. The molecule has 3 aromatic rings. The van der Waals surface area contributed by atoms with Crippen LogP contribution in [0, 0.1) is 0 Å². The van der Waals surface area contributed by atoms with Gasteiger partial charge in [-0.15, -0.1) is 11.3 Å². The number of amides is 1. The molecule has 5 nitrogen and oxygen atoms in total. The first-order valence-corrected chi connectivity index (χ1v) is 9.13. The molecule has 0 radical (unpaired) electrons. The van der Waals surface area contributed by atoms with Gasteiger partial charge < -0.3 is 10.5 Å². The SMILES string of the molecule is NC(=O)COC(=O)c1c2c(nc3ccccc13)/C(=C\c1cccs1)CC2. The van der Waals surface area contributed by atoms with Gasteiger partial charge in [-0.2, -0.15) is 0 Å². The van der Waals surface area contributed by atoms with Crippen molar-refractivity contribution in [3.05, 3.63) is 63.5 Å². The molecule has 0 saturated heterocycles. The van der Waals surface area contributed by atoms with Crippen molar-refractivity contribution in [3.8, 4) is 0 Å². The first kappa shape index (κ1) is 16.5. The number of aromatic nitrogens is 1. The van der Waals surface area contributed by atoms with E-state index < -0.39 is 18.5 Å². The summed E-state index contributed by atoms with van der Waals surface area (Å²) in [6.45, 7) is -0.428. The van der Waals surface area contributed by atoms with Crippen LogP contribution in [0.5, 0.6) is 0 Å². The van der Waals surface area contributed by atoms with Crippen molar-refractivity contribution in [1.82, 2.24) is 4.98 Å². The van der Waals surface area contributed by atoms with Crippen LogP contribution in [0.1, 0.15) is 32.9 Å². The summed E-state index contributed by atoms with van der Waals surface area (Å²) in [6.07, 6.45) is 3.65. The molecule has 0 fully saturated rings. The van der Waals surface area contributed by atoms with Gasteiger partial charge in [-0.05, 0) is 47.6 Å². The third-order valence-electron chi connectivity index (χ3n) is 4.35. The fraction of sp³-hybridized carbons (Fsp3) is 0.150. The minimum atomic E-state index is -0.674. The molecule has 2 heterocycles. The second-order valence-electron chi connectivity index (χ2n) is 6.06. The van der Waals surface area contributed by atoms with Gasteiger partial charge in [0.15, 0.2) is 6.61 Å². The molecule has 0 unspecified atom stereocenters. The van der Waals surface area contributed by atoms with E-state index in [1.807, 2.05) is 35.7 Å². The van der Waals surface area contributed by atoms with Gasteiger partial charge in [0.05, 0.1) is 16.8 Å². The predicted molar refractivity (Wildman–Crippen MR) is 102 cm³/mol. The maximum absolute atomic E-state index is 12.7. The Morgan fingerprint density at radius 3 is 2.81 bits per heavy atom. The average Bonchev–Trinajstić information content (AvgIpc) is 3.28. The molecular formula is C20H16N2O3S. The van der Waals surface area contributed by atoms with Crippen LogP contribution in [0.25, 0.3) is 22.6 Å². The normalized spacial score (nSPS) is 14.5. The highest BCUT2D eigenvalue weighted by molar-refractivity contribution is 7.10. The largest absolute Gasteiger partial charge is 0.452 e. The molecular weight excluding hydrogens is 348 g/mol. The van der Waals surface area contributed by atoms with Crippen LogP contribution in [-0.2, 0) is 16.0 Å². The van der Waals surface area contributed by atoms with Crippen molar-refractivity contribution in [1.29, 1.82) is 0 Å². The number of pyridine rings is 1. The summed E-state index contributed by atoms with van der Waals surface area (Å²) in [7, 11) is 0. The Morgan fingerprint density at radius 2 is 2.04 bits per heavy atom. The van der Waals surface area contributed by atoms with Gasteiger partial charge in [0.25, 0.3) is 5.91 Å². The van der Waals surface area contributed by atoms with Gasteiger partial charge in [0.2, 0.25) is 0 Å². The Kier molecular flexibility index (Phi) is 4.26. The number of nitrogens with two attached hydrogens (primary N) is 1. The molecule has 2 N–H and O–H groups in total. The number of para-hydroxylation sites is 1. The first-order valence-electron chi connectivity index (χ1n) is 8.25. The quantitative estimate of drug-likeness (QED) is 0.719. The number of benzene rings is 1. The number of ether oxygens (including phenoxy) is 1. The van der Waals surface area contributed by atoms with Crippen molar-refractivity contribution in [2.45, 2.75) is 12.8 Å². The van der Waals surface area contributed by atoms with Crippen LogP contribution >= 0.6 is 11.3 Å². The molecule has 0 aliphatic heterocycles. The maximum Gasteiger partial charge on any atom is 0.339 e. The van der Waals surface area contributed by atoms with Crippen LogP contribution < -0.4 is 5.73 Å². The number of carbonyl (C=O) groups is 2. The number of rotatable bonds is 4. The predicted octanol–water partition coefficient (Wildman–Crippen LogP) is 3.43. The Balaban J connectivity index is 1.86. The molecule has 26 heavy (non-hydrogen) atoms. The Bertz CT molecular complexity index is 1040. The Labute approximate surface area is 154 Å². The molecule has 0 bridgehead atoms. The Morgan fingerprint density at radius 1 is 1.19 bits per heavy atom. The fourth-order valence-electron chi connectivity index (χ4n) is 3.27. The number of hydrogen-bond donors (Lipinski definition) is 1. The monoisotopic (exact) mass is 364 g/mol. The van der Waals surface area contributed by atoms with Crippen LogP contribution in [-0.4, -0.2) is 23.5 Å². The van der Waals surface area contributed by atoms with Crippen LogP contribution in [0.4, 0.5) is 0 Å². The maximum atomic E-state index is 12.7. The van der Waals surface area contributed by atoms with E-state index in [2.05, 4.69) is 12.1 Å². The van der Waals surface area contributed by atoms with Gasteiger partial charge >= 0.3 is 5.97 Å². The number of fused-ring (bicyclic) bond motifs is 2. The molecule has 0 saturated carbocycles. The van der Waals surface area contributed by atoms with E-state index in [4.69, 9.17) is 15.5 Å². The minimum absolute atomic E-state index is 0.428. The number of carbonyl (C=O) groups excluding carboxylic acids is 2. The van der Waals surface area contributed by atoms with Crippen molar-refractivity contribution in [2.24, 2.45) is 5.73 Å². The van der Waals surface area contributed by atoms with Gasteiger partial charge in [-0.25, -0.2) is 9.78 Å². The summed E-state index contributed by atoms with van der Waals surface area (Å²) in [5, 5.41) is 2.76. The molecule has 0 atom stereocenters. The van der Waals surface area contributed by atoms with Gasteiger partial charge in [0, 0.05) is 10.3 Å². The summed E-state index contributed by atoms with van der Waals surface area (Å²) < 4.78 is 5.11. The summed E-state index contributed by atoms with van der Waals surface area (Å²) in [6, 6.07) is 11.5. The van der Waals surface area contributed by atoms with E-state index in [9.17, 15) is 9.59 Å². The molecule has 2 aromatic heterocycles. The molecule has 6 heteroatoms. The number of primary amides is 1. The molecule has 4 rings (SSSR count). The van der Waals surface area contributed by atoms with Crippen molar-refractivity contribution >= 4 is 45.8 Å². The van der Waals surface area contributed by atoms with Crippen LogP contribution in [0.3, 0.4) is 0 Å². The summed E-state index contributed by atoms with van der Waals surface area (Å²) in [4.78, 5) is 29.6. The van der Waals surface area contributed by atoms with E-state index in [0.29, 0.717) is 12.0 Å². The highest BCUT2D eigenvalue weighted by Crippen LogP contribution is 2.38. The van der Waals surface area contributed by atoms with E-state index in [-0.39, 0.29) is 0 Å². The third kappa shape index (κ3) is 2.99. The van der Waals surface area contributed by atoms with Crippen molar-refractivity contribution in [3.63, 3.8) is 0 Å². The highest BCUT2D eigenvalue weighted by Gasteiger charge is 2.27. The third-order valence-corrected chi connectivity index (χ3v) is 5.17. The lowest BCUT2D eigenvalue weighted by molar-refractivity contribution is -0.121. The number of nitrogens with zero attached hydrogens (tertiary/aromatic N) is 1. The second-order valence-corrected chi connectivity index (χ2v) is 7.04. The van der Waals surface area contributed by atoms with Crippen LogP contribution in [0.15, 0.2) is 41.8 Å². The highest BCUT2D eigenvalue weighted by atomic mass is 32.1. The molecule has 1 aromatic carbocycles. The summed E-state index contributed by atoms with van der Waals surface area (Å²) >= 11 is 1.66. The molecule has 1 aliphatic rings. The average molecular weight is 364 g/mol. The Hall–Kier alpha value is -2.99. The molecule has 1 amide bonds. The fourth-order valence-corrected chi connectivity index (χ4v) is 3.95. The summed E-state index contributed by atoms with van der Waals surface area (Å²) in [5.41, 5.74) is 9.15. The minimum Gasteiger partial charge on any atom is -0.452 e. The van der Waals surface area contributed by atoms with Gasteiger partial charge in [-0.3, -0.25) is 4.79 Å². The zero-order valence-electron chi connectivity index (χ0n) is 13.9. The number of thiophene rings is 1. The van der Waals surface area contributed by atoms with Gasteiger partial charge in [-0.1, -0.05) is 24.3 Å². The van der Waals surface area contributed by atoms with E-state index in [0.717, 1.165) is 39.0 Å². The second kappa shape index (κ2) is 6.72.